The summed E-state index contributed by atoms with van der Waals surface area (Å²) < 4.78 is 42.1. The smallest absolute Gasteiger partial charge is 0.406 e. The van der Waals surface area contributed by atoms with Gasteiger partial charge in [0.05, 0.1) is 5.69 Å². The van der Waals surface area contributed by atoms with E-state index in [1.807, 2.05) is 19.1 Å². The van der Waals surface area contributed by atoms with Crippen LogP contribution in [-0.4, -0.2) is 27.0 Å². The summed E-state index contributed by atoms with van der Waals surface area (Å²) in [5.74, 6) is -0.764. The molecule has 3 rings (SSSR count). The Bertz CT molecular complexity index is 1090. The number of azide groups is 1. The minimum absolute atomic E-state index is 0.323. The first-order valence-corrected chi connectivity index (χ1v) is 9.25. The van der Waals surface area contributed by atoms with Crippen molar-refractivity contribution in [3.05, 3.63) is 70.9 Å². The molecule has 31 heavy (non-hydrogen) atoms. The van der Waals surface area contributed by atoms with Gasteiger partial charge in [-0.15, -0.1) is 18.3 Å². The maximum Gasteiger partial charge on any atom is 0.573 e. The molecule has 2 aromatic carbocycles. The Hall–Kier alpha value is -3.85. The van der Waals surface area contributed by atoms with Gasteiger partial charge in [-0.25, -0.2) is 9.67 Å². The number of aromatic nitrogens is 3. The molecule has 1 amide bonds. The summed E-state index contributed by atoms with van der Waals surface area (Å²) in [7, 11) is 0. The predicted octanol–water partition coefficient (Wildman–Crippen LogP) is 5.24. The van der Waals surface area contributed by atoms with E-state index in [2.05, 4.69) is 24.8 Å². The van der Waals surface area contributed by atoms with E-state index < -0.39 is 12.3 Å². The van der Waals surface area contributed by atoms with E-state index in [9.17, 15) is 18.0 Å². The largest absolute Gasteiger partial charge is 0.573 e. The lowest BCUT2D eigenvalue weighted by molar-refractivity contribution is -0.274. The van der Waals surface area contributed by atoms with Crippen LogP contribution in [0, 0.1) is 5.92 Å². The third-order valence-electron chi connectivity index (χ3n) is 4.51. The Balaban J connectivity index is 1.71. The summed E-state index contributed by atoms with van der Waals surface area (Å²) in [4.78, 5) is 18.6. The molecule has 1 atom stereocenters. The number of rotatable bonds is 7. The lowest BCUT2D eigenvalue weighted by Crippen LogP contribution is -2.17. The number of ether oxygens (including phenoxy) is 1. The van der Waals surface area contributed by atoms with Crippen LogP contribution in [0.1, 0.15) is 18.9 Å². The number of hydrogen-bond donors (Lipinski definition) is 0. The molecule has 0 fully saturated rings. The van der Waals surface area contributed by atoms with Gasteiger partial charge in [0.2, 0.25) is 5.91 Å². The standard InChI is InChI=1S/C20H17F3N6O2/c1-2-14(19(30)26-28-24)11-13-3-5-15(6-4-13)18-25-12-29(27-18)16-7-9-17(10-8-16)31-20(21,22)23/h3-10,12,14H,2,11H2,1H3. The molecule has 160 valence electrons. The minimum Gasteiger partial charge on any atom is -0.406 e. The van der Waals surface area contributed by atoms with Crippen molar-refractivity contribution >= 4 is 5.91 Å². The number of carbonyl (C=O) groups excluding carboxylic acids is 1. The average Bonchev–Trinajstić information content (AvgIpc) is 3.22. The van der Waals surface area contributed by atoms with Crippen LogP contribution in [0.15, 0.2) is 60.0 Å². The van der Waals surface area contributed by atoms with Gasteiger partial charge in [0.25, 0.3) is 0 Å². The van der Waals surface area contributed by atoms with E-state index in [-0.39, 0.29) is 11.7 Å². The molecular formula is C20H17F3N6O2. The highest BCUT2D eigenvalue weighted by molar-refractivity contribution is 5.79. The molecule has 3 aromatic rings. The molecule has 0 aliphatic heterocycles. The second-order valence-electron chi connectivity index (χ2n) is 6.59. The Morgan fingerprint density at radius 3 is 2.45 bits per heavy atom. The third-order valence-corrected chi connectivity index (χ3v) is 4.51. The first-order chi connectivity index (χ1) is 14.8. The first kappa shape index (κ1) is 21.8. The molecule has 0 radical (unpaired) electrons. The van der Waals surface area contributed by atoms with E-state index >= 15 is 0 Å². The van der Waals surface area contributed by atoms with Gasteiger partial charge in [0, 0.05) is 16.4 Å². The van der Waals surface area contributed by atoms with Crippen molar-refractivity contribution < 1.29 is 22.7 Å². The number of alkyl halides is 3. The highest BCUT2D eigenvalue weighted by atomic mass is 19.4. The Morgan fingerprint density at radius 1 is 1.19 bits per heavy atom. The molecular weight excluding hydrogens is 413 g/mol. The van der Waals surface area contributed by atoms with Crippen molar-refractivity contribution in [3.8, 4) is 22.8 Å². The molecule has 8 nitrogen and oxygen atoms in total. The van der Waals surface area contributed by atoms with Crippen molar-refractivity contribution in [2.24, 2.45) is 11.0 Å². The van der Waals surface area contributed by atoms with Crippen molar-refractivity contribution in [2.75, 3.05) is 0 Å². The van der Waals surface area contributed by atoms with Gasteiger partial charge in [-0.1, -0.05) is 31.2 Å². The second-order valence-corrected chi connectivity index (χ2v) is 6.59. The summed E-state index contributed by atoms with van der Waals surface area (Å²) in [6.07, 6.45) is -2.29. The number of hydrogen-bond acceptors (Lipinski definition) is 4. The lowest BCUT2D eigenvalue weighted by atomic mass is 9.96. The predicted molar refractivity (Wildman–Crippen MR) is 105 cm³/mol. The van der Waals surface area contributed by atoms with Crippen LogP contribution >= 0.6 is 0 Å². The fourth-order valence-corrected chi connectivity index (χ4v) is 2.93. The van der Waals surface area contributed by atoms with Gasteiger partial charge >= 0.3 is 6.36 Å². The Morgan fingerprint density at radius 2 is 1.87 bits per heavy atom. The number of amides is 1. The summed E-state index contributed by atoms with van der Waals surface area (Å²) in [5, 5.41) is 7.51. The topological polar surface area (TPSA) is 106 Å². The minimum atomic E-state index is -4.75. The summed E-state index contributed by atoms with van der Waals surface area (Å²) in [6, 6.07) is 12.6. The molecule has 1 heterocycles. The molecule has 0 aliphatic rings. The molecule has 0 N–H and O–H groups in total. The molecule has 11 heteroatoms. The van der Waals surface area contributed by atoms with E-state index in [0.717, 1.165) is 11.1 Å². The zero-order chi connectivity index (χ0) is 22.4. The van der Waals surface area contributed by atoms with Crippen molar-refractivity contribution in [1.82, 2.24) is 14.8 Å². The highest BCUT2D eigenvalue weighted by Crippen LogP contribution is 2.24. The monoisotopic (exact) mass is 430 g/mol. The van der Waals surface area contributed by atoms with Gasteiger partial charge in [0.1, 0.15) is 12.1 Å². The van der Waals surface area contributed by atoms with E-state index in [0.29, 0.717) is 24.4 Å². The van der Waals surface area contributed by atoms with Gasteiger partial charge in [0.15, 0.2) is 5.82 Å². The van der Waals surface area contributed by atoms with Crippen molar-refractivity contribution in [1.29, 1.82) is 0 Å². The lowest BCUT2D eigenvalue weighted by Gasteiger charge is -2.10. The van der Waals surface area contributed by atoms with Gasteiger partial charge in [-0.3, -0.25) is 4.79 Å². The molecule has 1 unspecified atom stereocenters. The molecule has 0 saturated heterocycles. The molecule has 0 aliphatic carbocycles. The maximum atomic E-state index is 12.3. The first-order valence-electron chi connectivity index (χ1n) is 9.25. The number of halogens is 3. The van der Waals surface area contributed by atoms with Crippen molar-refractivity contribution in [3.63, 3.8) is 0 Å². The van der Waals surface area contributed by atoms with Gasteiger partial charge < -0.3 is 4.74 Å². The van der Waals surface area contributed by atoms with E-state index in [1.54, 1.807) is 12.1 Å². The fourth-order valence-electron chi connectivity index (χ4n) is 2.93. The van der Waals surface area contributed by atoms with Crippen LogP contribution in [0.25, 0.3) is 27.5 Å². The number of nitrogens with zero attached hydrogens (tertiary/aromatic N) is 6. The van der Waals surface area contributed by atoms with Gasteiger partial charge in [-0.05, 0) is 53.3 Å². The average molecular weight is 430 g/mol. The van der Waals surface area contributed by atoms with Crippen LogP contribution < -0.4 is 4.74 Å². The summed E-state index contributed by atoms with van der Waals surface area (Å²) in [6.45, 7) is 1.85. The Labute approximate surface area is 174 Å². The normalized spacial score (nSPS) is 12.1. The van der Waals surface area contributed by atoms with Crippen LogP contribution in [0.4, 0.5) is 13.2 Å². The van der Waals surface area contributed by atoms with Crippen LogP contribution in [0.5, 0.6) is 5.75 Å². The van der Waals surface area contributed by atoms with Crippen molar-refractivity contribution in [2.45, 2.75) is 26.1 Å². The Kier molecular flexibility index (Phi) is 6.56. The summed E-state index contributed by atoms with van der Waals surface area (Å²) in [5.41, 5.74) is 10.6. The molecule has 1 aromatic heterocycles. The second kappa shape index (κ2) is 9.31. The summed E-state index contributed by atoms with van der Waals surface area (Å²) >= 11 is 0. The molecule has 0 bridgehead atoms. The number of carbonyl (C=O) groups is 1. The van der Waals surface area contributed by atoms with Crippen LogP contribution in [0.3, 0.4) is 0 Å². The van der Waals surface area contributed by atoms with Crippen LogP contribution in [-0.2, 0) is 11.2 Å². The van der Waals surface area contributed by atoms with E-state index in [1.165, 1.54) is 35.3 Å². The zero-order valence-electron chi connectivity index (χ0n) is 16.3. The quantitative estimate of drug-likeness (QED) is 0.290. The van der Waals surface area contributed by atoms with Gasteiger partial charge in [-0.2, -0.15) is 0 Å². The zero-order valence-corrected chi connectivity index (χ0v) is 16.3. The number of benzene rings is 2. The highest BCUT2D eigenvalue weighted by Gasteiger charge is 2.31. The SMILES string of the molecule is CCC(Cc1ccc(-c2ncn(-c3ccc(OC(F)(F)F)cc3)n2)cc1)C(=O)N=[N+]=[N-]. The van der Waals surface area contributed by atoms with E-state index in [4.69, 9.17) is 5.53 Å². The third kappa shape index (κ3) is 5.83. The molecule has 0 spiro atoms. The van der Waals surface area contributed by atoms with Crippen LogP contribution in [0.2, 0.25) is 0 Å². The maximum absolute atomic E-state index is 12.3. The fraction of sp³-hybridized carbons (Fsp3) is 0.250. The molecule has 0 saturated carbocycles.